The molecule has 1 heterocycles. The highest BCUT2D eigenvalue weighted by molar-refractivity contribution is 6.07. The van der Waals surface area contributed by atoms with E-state index in [9.17, 15) is 9.18 Å². The van der Waals surface area contributed by atoms with Crippen molar-refractivity contribution in [3.8, 4) is 5.75 Å². The van der Waals surface area contributed by atoms with Crippen molar-refractivity contribution in [1.82, 2.24) is 0 Å². The summed E-state index contributed by atoms with van der Waals surface area (Å²) < 4.78 is 18.4. The maximum absolute atomic E-state index is 12.8. The Kier molecular flexibility index (Phi) is 3.57. The first-order valence-corrected chi connectivity index (χ1v) is 6.89. The fourth-order valence-corrected chi connectivity index (χ4v) is 2.42. The standard InChI is InChI=1S/C18H15FO2/c1-12-10-15-11-14(5-9-18(15)21-12)17(20)8-4-13-2-6-16(19)7-3-13/h2-9,11-12H,10H2,1H3. The van der Waals surface area contributed by atoms with E-state index in [0.717, 1.165) is 23.3 Å². The van der Waals surface area contributed by atoms with E-state index in [2.05, 4.69) is 0 Å². The van der Waals surface area contributed by atoms with Gasteiger partial charge in [0.15, 0.2) is 5.78 Å². The first kappa shape index (κ1) is 13.6. The number of carbonyl (C=O) groups is 1. The molecule has 0 saturated carbocycles. The average Bonchev–Trinajstić information content (AvgIpc) is 2.85. The van der Waals surface area contributed by atoms with Crippen LogP contribution in [0.1, 0.15) is 28.4 Å². The molecule has 21 heavy (non-hydrogen) atoms. The van der Waals surface area contributed by atoms with Crippen molar-refractivity contribution >= 4 is 11.9 Å². The van der Waals surface area contributed by atoms with Gasteiger partial charge in [-0.1, -0.05) is 18.2 Å². The molecule has 3 heteroatoms. The zero-order valence-electron chi connectivity index (χ0n) is 11.7. The number of ether oxygens (including phenoxy) is 1. The second-order valence-corrected chi connectivity index (χ2v) is 5.20. The minimum Gasteiger partial charge on any atom is -0.490 e. The normalized spacial score (nSPS) is 16.8. The minimum absolute atomic E-state index is 0.0679. The molecular formula is C18H15FO2. The van der Waals surface area contributed by atoms with Gasteiger partial charge in [-0.25, -0.2) is 4.39 Å². The van der Waals surface area contributed by atoms with E-state index in [1.165, 1.54) is 18.2 Å². The third kappa shape index (κ3) is 3.02. The van der Waals surface area contributed by atoms with Crippen molar-refractivity contribution in [3.63, 3.8) is 0 Å². The lowest BCUT2D eigenvalue weighted by atomic mass is 10.0. The van der Waals surface area contributed by atoms with Crippen LogP contribution in [0.15, 0.2) is 48.5 Å². The Labute approximate surface area is 122 Å². The van der Waals surface area contributed by atoms with Crippen LogP contribution < -0.4 is 4.74 Å². The van der Waals surface area contributed by atoms with Crippen LogP contribution >= 0.6 is 0 Å². The number of benzene rings is 2. The number of allylic oxidation sites excluding steroid dienone is 1. The molecule has 0 radical (unpaired) electrons. The molecule has 0 aliphatic carbocycles. The summed E-state index contributed by atoms with van der Waals surface area (Å²) >= 11 is 0. The third-order valence-electron chi connectivity index (χ3n) is 3.48. The Morgan fingerprint density at radius 3 is 2.76 bits per heavy atom. The van der Waals surface area contributed by atoms with Gasteiger partial charge in [0.1, 0.15) is 17.7 Å². The number of ketones is 1. The summed E-state index contributed by atoms with van der Waals surface area (Å²) in [5.41, 5.74) is 2.51. The van der Waals surface area contributed by atoms with Crippen LogP contribution in [0, 0.1) is 5.82 Å². The Hall–Kier alpha value is -2.42. The molecule has 0 aromatic heterocycles. The molecule has 1 aliphatic rings. The first-order valence-electron chi connectivity index (χ1n) is 6.89. The molecule has 0 bridgehead atoms. The molecule has 1 unspecified atom stereocenters. The largest absolute Gasteiger partial charge is 0.490 e. The molecular weight excluding hydrogens is 267 g/mol. The maximum atomic E-state index is 12.8. The monoisotopic (exact) mass is 282 g/mol. The maximum Gasteiger partial charge on any atom is 0.185 e. The van der Waals surface area contributed by atoms with Gasteiger partial charge >= 0.3 is 0 Å². The van der Waals surface area contributed by atoms with Crippen LogP contribution in [-0.2, 0) is 6.42 Å². The molecule has 0 fully saturated rings. The second-order valence-electron chi connectivity index (χ2n) is 5.20. The lowest BCUT2D eigenvalue weighted by Crippen LogP contribution is -2.05. The molecule has 2 aromatic rings. The fraction of sp³-hybridized carbons (Fsp3) is 0.167. The van der Waals surface area contributed by atoms with Crippen molar-refractivity contribution in [3.05, 3.63) is 71.0 Å². The molecule has 0 amide bonds. The average molecular weight is 282 g/mol. The Balaban J connectivity index is 1.77. The van der Waals surface area contributed by atoms with Crippen LogP contribution in [0.5, 0.6) is 5.75 Å². The summed E-state index contributed by atoms with van der Waals surface area (Å²) in [5, 5.41) is 0. The highest BCUT2D eigenvalue weighted by atomic mass is 19.1. The highest BCUT2D eigenvalue weighted by Gasteiger charge is 2.19. The molecule has 2 aromatic carbocycles. The predicted octanol–water partition coefficient (Wildman–Crippen LogP) is 4.05. The molecule has 1 atom stereocenters. The molecule has 3 rings (SSSR count). The SMILES string of the molecule is CC1Cc2cc(C(=O)C=Cc3ccc(F)cc3)ccc2O1. The van der Waals surface area contributed by atoms with Gasteiger partial charge in [-0.2, -0.15) is 0 Å². The summed E-state index contributed by atoms with van der Waals surface area (Å²) in [4.78, 5) is 12.2. The third-order valence-corrected chi connectivity index (χ3v) is 3.48. The van der Waals surface area contributed by atoms with Gasteiger partial charge in [0.25, 0.3) is 0 Å². The van der Waals surface area contributed by atoms with Crippen LogP contribution in [0.25, 0.3) is 6.08 Å². The van der Waals surface area contributed by atoms with Gasteiger partial charge in [-0.05, 0) is 54.5 Å². The molecule has 0 spiro atoms. The second kappa shape index (κ2) is 5.52. The van der Waals surface area contributed by atoms with Crippen molar-refractivity contribution in [2.45, 2.75) is 19.4 Å². The Morgan fingerprint density at radius 2 is 2.00 bits per heavy atom. The number of hydrogen-bond donors (Lipinski definition) is 0. The molecule has 0 N–H and O–H groups in total. The summed E-state index contributed by atoms with van der Waals surface area (Å²) in [6.45, 7) is 2.01. The van der Waals surface area contributed by atoms with Crippen LogP contribution in [0.3, 0.4) is 0 Å². The lowest BCUT2D eigenvalue weighted by Gasteiger charge is -2.02. The van der Waals surface area contributed by atoms with Crippen molar-refractivity contribution in [2.24, 2.45) is 0 Å². The van der Waals surface area contributed by atoms with Crippen LogP contribution in [0.2, 0.25) is 0 Å². The van der Waals surface area contributed by atoms with E-state index in [0.29, 0.717) is 5.56 Å². The van der Waals surface area contributed by atoms with Crippen molar-refractivity contribution in [2.75, 3.05) is 0 Å². The molecule has 0 saturated heterocycles. The number of halogens is 1. The van der Waals surface area contributed by atoms with Gasteiger partial charge in [0.05, 0.1) is 0 Å². The summed E-state index contributed by atoms with van der Waals surface area (Å²) in [5.74, 6) is 0.509. The molecule has 1 aliphatic heterocycles. The zero-order valence-corrected chi connectivity index (χ0v) is 11.7. The van der Waals surface area contributed by atoms with E-state index in [1.807, 2.05) is 19.1 Å². The summed E-state index contributed by atoms with van der Waals surface area (Å²) in [7, 11) is 0. The lowest BCUT2D eigenvalue weighted by molar-refractivity contribution is 0.104. The van der Waals surface area contributed by atoms with Crippen LogP contribution in [0.4, 0.5) is 4.39 Å². The van der Waals surface area contributed by atoms with E-state index in [4.69, 9.17) is 4.74 Å². The Morgan fingerprint density at radius 1 is 1.24 bits per heavy atom. The van der Waals surface area contributed by atoms with E-state index in [-0.39, 0.29) is 17.7 Å². The van der Waals surface area contributed by atoms with Gasteiger partial charge in [-0.3, -0.25) is 4.79 Å². The van der Waals surface area contributed by atoms with E-state index in [1.54, 1.807) is 24.3 Å². The van der Waals surface area contributed by atoms with Crippen molar-refractivity contribution in [1.29, 1.82) is 0 Å². The molecule has 2 nitrogen and oxygen atoms in total. The number of hydrogen-bond acceptors (Lipinski definition) is 2. The Bertz CT molecular complexity index is 702. The van der Waals surface area contributed by atoms with E-state index < -0.39 is 0 Å². The number of carbonyl (C=O) groups excluding carboxylic acids is 1. The van der Waals surface area contributed by atoms with Gasteiger partial charge in [-0.15, -0.1) is 0 Å². The fourth-order valence-electron chi connectivity index (χ4n) is 2.42. The number of fused-ring (bicyclic) bond motifs is 1. The summed E-state index contributed by atoms with van der Waals surface area (Å²) in [6.07, 6.45) is 4.19. The first-order chi connectivity index (χ1) is 10.1. The highest BCUT2D eigenvalue weighted by Crippen LogP contribution is 2.29. The topological polar surface area (TPSA) is 26.3 Å². The minimum atomic E-state index is -0.286. The predicted molar refractivity (Wildman–Crippen MR) is 80.0 cm³/mol. The van der Waals surface area contributed by atoms with Crippen LogP contribution in [-0.4, -0.2) is 11.9 Å². The van der Waals surface area contributed by atoms with Gasteiger partial charge in [0.2, 0.25) is 0 Å². The molecule has 106 valence electrons. The zero-order chi connectivity index (χ0) is 14.8. The quantitative estimate of drug-likeness (QED) is 0.627. The van der Waals surface area contributed by atoms with E-state index >= 15 is 0 Å². The summed E-state index contributed by atoms with van der Waals surface area (Å²) in [6, 6.07) is 11.5. The van der Waals surface area contributed by atoms with Gasteiger partial charge < -0.3 is 4.74 Å². The van der Waals surface area contributed by atoms with Crippen molar-refractivity contribution < 1.29 is 13.9 Å². The smallest absolute Gasteiger partial charge is 0.185 e. The number of rotatable bonds is 3. The van der Waals surface area contributed by atoms with Gasteiger partial charge in [0, 0.05) is 12.0 Å².